The molecule has 0 spiro atoms. The van der Waals surface area contributed by atoms with Gasteiger partial charge in [-0.25, -0.2) is 12.8 Å². The lowest BCUT2D eigenvalue weighted by molar-refractivity contribution is -0.137. The summed E-state index contributed by atoms with van der Waals surface area (Å²) in [6, 6.07) is 8.59. The van der Waals surface area contributed by atoms with Crippen LogP contribution in [0.2, 0.25) is 0 Å². The van der Waals surface area contributed by atoms with Crippen LogP contribution in [0.4, 0.5) is 4.39 Å². The molecule has 0 fully saturated rings. The van der Waals surface area contributed by atoms with Crippen molar-refractivity contribution >= 4 is 21.7 Å². The number of carboxylic acid groups (broad SMARTS) is 1. The minimum absolute atomic E-state index is 0.0641. The number of carbonyl (C=O) groups excluding carboxylic acids is 1. The Bertz CT molecular complexity index is 955. The zero-order valence-corrected chi connectivity index (χ0v) is 15.7. The van der Waals surface area contributed by atoms with Crippen LogP contribution in [0.25, 0.3) is 0 Å². The van der Waals surface area contributed by atoms with E-state index in [1.165, 1.54) is 36.4 Å². The van der Waals surface area contributed by atoms with Crippen LogP contribution in [0, 0.1) is 5.82 Å². The molecule has 0 aliphatic rings. The number of aryl methyl sites for hydroxylation is 1. The summed E-state index contributed by atoms with van der Waals surface area (Å²) in [5.41, 5.74) is 1.13. The van der Waals surface area contributed by atoms with Gasteiger partial charge in [-0.1, -0.05) is 25.1 Å². The lowest BCUT2D eigenvalue weighted by Crippen LogP contribution is -2.30. The SMILES string of the molecule is CCc1ccc(C(=O)NC(CC(=O)O)c2ccc(F)cc2)cc1S(C)(=O)=O. The third kappa shape index (κ3) is 5.37. The monoisotopic (exact) mass is 393 g/mol. The van der Waals surface area contributed by atoms with Crippen LogP contribution in [-0.2, 0) is 21.1 Å². The van der Waals surface area contributed by atoms with E-state index >= 15 is 0 Å². The molecule has 8 heteroatoms. The number of sulfone groups is 1. The first-order chi connectivity index (χ1) is 12.6. The van der Waals surface area contributed by atoms with E-state index in [2.05, 4.69) is 5.32 Å². The van der Waals surface area contributed by atoms with Gasteiger partial charge in [0.05, 0.1) is 17.4 Å². The molecular weight excluding hydrogens is 373 g/mol. The van der Waals surface area contributed by atoms with Gasteiger partial charge in [-0.05, 0) is 41.8 Å². The molecule has 0 bridgehead atoms. The largest absolute Gasteiger partial charge is 0.481 e. The normalized spacial score (nSPS) is 12.4. The Hall–Kier alpha value is -2.74. The van der Waals surface area contributed by atoms with Gasteiger partial charge in [0, 0.05) is 11.8 Å². The molecular formula is C19H20FNO5S. The second kappa shape index (κ2) is 8.30. The van der Waals surface area contributed by atoms with Gasteiger partial charge in [0.15, 0.2) is 9.84 Å². The third-order valence-electron chi connectivity index (χ3n) is 4.07. The summed E-state index contributed by atoms with van der Waals surface area (Å²) in [7, 11) is -3.52. The van der Waals surface area contributed by atoms with E-state index in [4.69, 9.17) is 5.11 Å². The highest BCUT2D eigenvalue weighted by Gasteiger charge is 2.21. The van der Waals surface area contributed by atoms with Crippen molar-refractivity contribution < 1.29 is 27.5 Å². The lowest BCUT2D eigenvalue weighted by atomic mass is 10.0. The molecule has 0 saturated heterocycles. The molecule has 27 heavy (non-hydrogen) atoms. The van der Waals surface area contributed by atoms with Gasteiger partial charge in [-0.3, -0.25) is 9.59 Å². The first kappa shape index (κ1) is 20.6. The van der Waals surface area contributed by atoms with Gasteiger partial charge in [-0.15, -0.1) is 0 Å². The Balaban J connectivity index is 2.34. The lowest BCUT2D eigenvalue weighted by Gasteiger charge is -2.18. The van der Waals surface area contributed by atoms with E-state index in [1.807, 2.05) is 0 Å². The van der Waals surface area contributed by atoms with Crippen molar-refractivity contribution in [1.82, 2.24) is 5.32 Å². The maximum Gasteiger partial charge on any atom is 0.305 e. The maximum atomic E-state index is 13.1. The van der Waals surface area contributed by atoms with Crippen LogP contribution in [0.5, 0.6) is 0 Å². The number of halogens is 1. The molecule has 0 saturated carbocycles. The fourth-order valence-corrected chi connectivity index (χ4v) is 3.73. The van der Waals surface area contributed by atoms with Crippen molar-refractivity contribution in [2.75, 3.05) is 6.26 Å². The molecule has 0 radical (unpaired) electrons. The third-order valence-corrected chi connectivity index (χ3v) is 5.25. The molecule has 0 aromatic heterocycles. The first-order valence-electron chi connectivity index (χ1n) is 8.23. The van der Waals surface area contributed by atoms with E-state index in [0.29, 0.717) is 17.5 Å². The van der Waals surface area contributed by atoms with E-state index in [0.717, 1.165) is 6.26 Å². The van der Waals surface area contributed by atoms with E-state index < -0.39 is 40.0 Å². The number of carbonyl (C=O) groups is 2. The highest BCUT2D eigenvalue weighted by atomic mass is 32.2. The topological polar surface area (TPSA) is 101 Å². The summed E-state index contributed by atoms with van der Waals surface area (Å²) in [4.78, 5) is 23.8. The fraction of sp³-hybridized carbons (Fsp3) is 0.263. The Morgan fingerprint density at radius 1 is 1.15 bits per heavy atom. The van der Waals surface area contributed by atoms with Crippen LogP contribution in [0.1, 0.15) is 40.9 Å². The molecule has 1 unspecified atom stereocenters. The Kier molecular flexibility index (Phi) is 6.32. The molecule has 1 amide bonds. The van der Waals surface area contributed by atoms with Crippen LogP contribution in [-0.4, -0.2) is 31.7 Å². The van der Waals surface area contributed by atoms with E-state index in [9.17, 15) is 22.4 Å². The minimum atomic E-state index is -3.52. The molecule has 2 N–H and O–H groups in total. The summed E-state index contributed by atoms with van der Waals surface area (Å²) in [5, 5.41) is 11.7. The summed E-state index contributed by atoms with van der Waals surface area (Å²) in [6.45, 7) is 1.81. The summed E-state index contributed by atoms with van der Waals surface area (Å²) < 4.78 is 37.0. The van der Waals surface area contributed by atoms with Crippen LogP contribution < -0.4 is 5.32 Å². The van der Waals surface area contributed by atoms with E-state index in [1.54, 1.807) is 13.0 Å². The first-order valence-corrected chi connectivity index (χ1v) is 10.1. The minimum Gasteiger partial charge on any atom is -0.481 e. The van der Waals surface area contributed by atoms with Crippen molar-refractivity contribution in [2.24, 2.45) is 0 Å². The number of hydrogen-bond donors (Lipinski definition) is 2. The van der Waals surface area contributed by atoms with Crippen molar-refractivity contribution in [2.45, 2.75) is 30.7 Å². The molecule has 0 aliphatic carbocycles. The predicted octanol–water partition coefficient (Wildman–Crippen LogP) is 2.74. The number of rotatable bonds is 7. The van der Waals surface area contributed by atoms with Gasteiger partial charge in [0.2, 0.25) is 0 Å². The van der Waals surface area contributed by atoms with Crippen molar-refractivity contribution in [1.29, 1.82) is 0 Å². The van der Waals surface area contributed by atoms with Gasteiger partial charge in [0.25, 0.3) is 5.91 Å². The highest BCUT2D eigenvalue weighted by molar-refractivity contribution is 7.90. The standard InChI is InChI=1S/C19H20FNO5S/c1-3-12-4-5-14(10-17(12)27(2,25)26)19(24)21-16(11-18(22)23)13-6-8-15(20)9-7-13/h4-10,16H,3,11H2,1-2H3,(H,21,24)(H,22,23). The average molecular weight is 393 g/mol. The predicted molar refractivity (Wildman–Crippen MR) is 97.8 cm³/mol. The van der Waals surface area contributed by atoms with Crippen molar-refractivity contribution in [3.63, 3.8) is 0 Å². The average Bonchev–Trinajstić information content (AvgIpc) is 2.60. The van der Waals surface area contributed by atoms with Crippen LogP contribution in [0.15, 0.2) is 47.4 Å². The van der Waals surface area contributed by atoms with Crippen LogP contribution >= 0.6 is 0 Å². The molecule has 6 nitrogen and oxygen atoms in total. The molecule has 2 aromatic carbocycles. The van der Waals surface area contributed by atoms with Crippen LogP contribution in [0.3, 0.4) is 0 Å². The summed E-state index contributed by atoms with van der Waals surface area (Å²) >= 11 is 0. The second-order valence-corrected chi connectivity index (χ2v) is 8.11. The second-order valence-electron chi connectivity index (χ2n) is 6.12. The molecule has 2 aromatic rings. The molecule has 0 aliphatic heterocycles. The zero-order chi connectivity index (χ0) is 20.2. The van der Waals surface area contributed by atoms with Crippen molar-refractivity contribution in [3.8, 4) is 0 Å². The fourth-order valence-electron chi connectivity index (χ4n) is 2.70. The van der Waals surface area contributed by atoms with Gasteiger partial charge in [-0.2, -0.15) is 0 Å². The van der Waals surface area contributed by atoms with Gasteiger partial charge in [0.1, 0.15) is 5.82 Å². The van der Waals surface area contributed by atoms with Gasteiger partial charge >= 0.3 is 5.97 Å². The summed E-state index contributed by atoms with van der Waals surface area (Å²) in [6.07, 6.45) is 1.15. The summed E-state index contributed by atoms with van der Waals surface area (Å²) in [5.74, 6) is -2.23. The highest BCUT2D eigenvalue weighted by Crippen LogP contribution is 2.21. The quantitative estimate of drug-likeness (QED) is 0.753. The number of aliphatic carboxylic acids is 1. The Morgan fingerprint density at radius 2 is 1.78 bits per heavy atom. The molecule has 1 atom stereocenters. The Morgan fingerprint density at radius 3 is 2.30 bits per heavy atom. The number of hydrogen-bond acceptors (Lipinski definition) is 4. The number of carboxylic acids is 1. The Labute approximate surface area is 157 Å². The number of benzene rings is 2. The molecule has 0 heterocycles. The van der Waals surface area contributed by atoms with Gasteiger partial charge < -0.3 is 10.4 Å². The molecule has 144 valence electrons. The van der Waals surface area contributed by atoms with Crippen molar-refractivity contribution in [3.05, 3.63) is 65.0 Å². The van der Waals surface area contributed by atoms with E-state index in [-0.39, 0.29) is 10.5 Å². The number of amides is 1. The smallest absolute Gasteiger partial charge is 0.305 e. The maximum absolute atomic E-state index is 13.1. The zero-order valence-electron chi connectivity index (χ0n) is 14.9. The number of nitrogens with one attached hydrogen (secondary N) is 1. The molecule has 2 rings (SSSR count).